The summed E-state index contributed by atoms with van der Waals surface area (Å²) in [6.07, 6.45) is 0.872. The van der Waals surface area contributed by atoms with Crippen LogP contribution >= 0.6 is 0 Å². The molecule has 0 heterocycles. The average molecular weight is 205 g/mol. The number of aliphatic hydroxyl groups is 1. The van der Waals surface area contributed by atoms with Crippen molar-refractivity contribution in [1.29, 1.82) is 0 Å². The minimum absolute atomic E-state index is 0.0983. The van der Waals surface area contributed by atoms with Gasteiger partial charge in [-0.3, -0.25) is 0 Å². The van der Waals surface area contributed by atoms with Gasteiger partial charge in [-0.25, -0.2) is 0 Å². The van der Waals surface area contributed by atoms with Crippen LogP contribution in [0.5, 0.6) is 0 Å². The first-order valence-corrected chi connectivity index (χ1v) is 5.67. The molecule has 4 unspecified atom stereocenters. The smallest absolute Gasteiger partial charge is 0.0651 e. The Morgan fingerprint density at radius 3 is 2.47 bits per heavy atom. The van der Waals surface area contributed by atoms with Gasteiger partial charge in [0.1, 0.15) is 0 Å². The molecule has 4 atom stereocenters. The van der Waals surface area contributed by atoms with Gasteiger partial charge >= 0.3 is 0 Å². The zero-order valence-corrected chi connectivity index (χ0v) is 9.13. The summed E-state index contributed by atoms with van der Waals surface area (Å²) >= 11 is 0. The van der Waals surface area contributed by atoms with Gasteiger partial charge in [-0.2, -0.15) is 0 Å². The third kappa shape index (κ3) is 2.21. The van der Waals surface area contributed by atoms with Crippen LogP contribution in [0.25, 0.3) is 0 Å². The van der Waals surface area contributed by atoms with Crippen molar-refractivity contribution in [2.45, 2.75) is 25.4 Å². The molecule has 15 heavy (non-hydrogen) atoms. The molecule has 1 fully saturated rings. The van der Waals surface area contributed by atoms with Crippen molar-refractivity contribution in [3.63, 3.8) is 0 Å². The molecule has 2 heteroatoms. The minimum atomic E-state index is -0.271. The Morgan fingerprint density at radius 1 is 1.40 bits per heavy atom. The van der Waals surface area contributed by atoms with Crippen molar-refractivity contribution in [2.24, 2.45) is 17.6 Å². The summed E-state index contributed by atoms with van der Waals surface area (Å²) in [6.45, 7) is 2.71. The number of hydrogen-bond donors (Lipinski definition) is 2. The summed E-state index contributed by atoms with van der Waals surface area (Å²) in [5.41, 5.74) is 6.92. The Morgan fingerprint density at radius 2 is 2.00 bits per heavy atom. The molecule has 2 rings (SSSR count). The standard InChI is InChI=1S/C13H19NO/c1-9-7-11(9)13(15)12(8-14)10-5-3-2-4-6-10/h2-6,9,11-13,15H,7-8,14H2,1H3. The second-order valence-electron chi connectivity index (χ2n) is 4.62. The molecule has 0 amide bonds. The molecule has 0 aromatic heterocycles. The number of nitrogens with two attached hydrogens (primary N) is 1. The maximum Gasteiger partial charge on any atom is 0.0651 e. The van der Waals surface area contributed by atoms with E-state index in [0.29, 0.717) is 18.4 Å². The Balaban J connectivity index is 2.10. The molecule has 82 valence electrons. The zero-order valence-electron chi connectivity index (χ0n) is 9.13. The molecule has 0 saturated heterocycles. The highest BCUT2D eigenvalue weighted by Gasteiger charge is 2.41. The van der Waals surface area contributed by atoms with Crippen LogP contribution in [0.4, 0.5) is 0 Å². The fourth-order valence-corrected chi connectivity index (χ4v) is 2.30. The Kier molecular flexibility index (Phi) is 3.08. The third-order valence-corrected chi connectivity index (χ3v) is 3.50. The van der Waals surface area contributed by atoms with Gasteiger partial charge in [-0.05, 0) is 23.8 Å². The quantitative estimate of drug-likeness (QED) is 0.786. The van der Waals surface area contributed by atoms with Crippen LogP contribution in [0.2, 0.25) is 0 Å². The topological polar surface area (TPSA) is 46.2 Å². The number of aliphatic hydroxyl groups excluding tert-OH is 1. The lowest BCUT2D eigenvalue weighted by molar-refractivity contribution is 0.118. The lowest BCUT2D eigenvalue weighted by atomic mass is 9.90. The second kappa shape index (κ2) is 4.33. The fraction of sp³-hybridized carbons (Fsp3) is 0.538. The molecule has 2 nitrogen and oxygen atoms in total. The normalized spacial score (nSPS) is 28.5. The van der Waals surface area contributed by atoms with E-state index in [9.17, 15) is 5.11 Å². The molecule has 1 saturated carbocycles. The van der Waals surface area contributed by atoms with E-state index >= 15 is 0 Å². The van der Waals surface area contributed by atoms with Crippen molar-refractivity contribution in [3.05, 3.63) is 35.9 Å². The molecule has 3 N–H and O–H groups in total. The van der Waals surface area contributed by atoms with Gasteiger partial charge < -0.3 is 10.8 Å². The van der Waals surface area contributed by atoms with E-state index in [-0.39, 0.29) is 12.0 Å². The Bertz CT molecular complexity index is 312. The largest absolute Gasteiger partial charge is 0.392 e. The highest BCUT2D eigenvalue weighted by Crippen LogP contribution is 2.44. The van der Waals surface area contributed by atoms with E-state index in [1.165, 1.54) is 0 Å². The molecular formula is C13H19NO. The van der Waals surface area contributed by atoms with Crippen LogP contribution in [-0.4, -0.2) is 17.8 Å². The lowest BCUT2D eigenvalue weighted by Gasteiger charge is -2.22. The summed E-state index contributed by atoms with van der Waals surface area (Å²) in [6, 6.07) is 10.1. The van der Waals surface area contributed by atoms with Gasteiger partial charge in [-0.1, -0.05) is 37.3 Å². The second-order valence-corrected chi connectivity index (χ2v) is 4.62. The Hall–Kier alpha value is -0.860. The lowest BCUT2D eigenvalue weighted by Crippen LogP contribution is -2.28. The summed E-state index contributed by atoms with van der Waals surface area (Å²) < 4.78 is 0. The van der Waals surface area contributed by atoms with Gasteiger partial charge in [-0.15, -0.1) is 0 Å². The molecule has 0 spiro atoms. The molecule has 1 aromatic rings. The van der Waals surface area contributed by atoms with Crippen LogP contribution < -0.4 is 5.73 Å². The highest BCUT2D eigenvalue weighted by molar-refractivity contribution is 5.22. The average Bonchev–Trinajstić information content (AvgIpc) is 2.98. The molecule has 1 aromatic carbocycles. The SMILES string of the molecule is CC1CC1C(O)C(CN)c1ccccc1. The van der Waals surface area contributed by atoms with Crippen molar-refractivity contribution in [3.8, 4) is 0 Å². The van der Waals surface area contributed by atoms with Crippen LogP contribution in [0.15, 0.2) is 30.3 Å². The van der Waals surface area contributed by atoms with E-state index < -0.39 is 0 Å². The van der Waals surface area contributed by atoms with Gasteiger partial charge in [0.05, 0.1) is 6.10 Å². The first-order valence-electron chi connectivity index (χ1n) is 5.67. The van der Waals surface area contributed by atoms with Crippen LogP contribution in [0, 0.1) is 11.8 Å². The zero-order chi connectivity index (χ0) is 10.8. The first kappa shape index (κ1) is 10.7. The van der Waals surface area contributed by atoms with E-state index in [2.05, 4.69) is 6.92 Å². The minimum Gasteiger partial charge on any atom is -0.392 e. The Labute approximate surface area is 91.1 Å². The summed E-state index contributed by atoms with van der Waals surface area (Å²) in [5.74, 6) is 1.22. The first-order chi connectivity index (χ1) is 7.24. The summed E-state index contributed by atoms with van der Waals surface area (Å²) in [4.78, 5) is 0. The van der Waals surface area contributed by atoms with Crippen molar-refractivity contribution in [2.75, 3.05) is 6.54 Å². The number of hydrogen-bond acceptors (Lipinski definition) is 2. The fourth-order valence-electron chi connectivity index (χ4n) is 2.30. The predicted molar refractivity (Wildman–Crippen MR) is 61.5 cm³/mol. The summed E-state index contributed by atoms with van der Waals surface area (Å²) in [5, 5.41) is 10.2. The maximum atomic E-state index is 10.2. The number of benzene rings is 1. The van der Waals surface area contributed by atoms with Crippen molar-refractivity contribution < 1.29 is 5.11 Å². The molecule has 1 aliphatic rings. The van der Waals surface area contributed by atoms with E-state index in [4.69, 9.17) is 5.73 Å². The van der Waals surface area contributed by atoms with E-state index in [1.807, 2.05) is 30.3 Å². The van der Waals surface area contributed by atoms with Crippen molar-refractivity contribution >= 4 is 0 Å². The van der Waals surface area contributed by atoms with Crippen LogP contribution in [0.3, 0.4) is 0 Å². The van der Waals surface area contributed by atoms with Crippen molar-refractivity contribution in [1.82, 2.24) is 0 Å². The van der Waals surface area contributed by atoms with E-state index in [0.717, 1.165) is 12.0 Å². The maximum absolute atomic E-state index is 10.2. The molecule has 0 bridgehead atoms. The molecule has 1 aliphatic carbocycles. The van der Waals surface area contributed by atoms with Crippen LogP contribution in [0.1, 0.15) is 24.8 Å². The molecule has 0 aliphatic heterocycles. The van der Waals surface area contributed by atoms with E-state index in [1.54, 1.807) is 0 Å². The molecule has 0 radical (unpaired) electrons. The van der Waals surface area contributed by atoms with Gasteiger partial charge in [0, 0.05) is 12.5 Å². The number of rotatable bonds is 4. The highest BCUT2D eigenvalue weighted by atomic mass is 16.3. The molecular weight excluding hydrogens is 186 g/mol. The summed E-state index contributed by atoms with van der Waals surface area (Å²) in [7, 11) is 0. The van der Waals surface area contributed by atoms with Crippen LogP contribution in [-0.2, 0) is 0 Å². The van der Waals surface area contributed by atoms with Gasteiger partial charge in [0.2, 0.25) is 0 Å². The monoisotopic (exact) mass is 205 g/mol. The van der Waals surface area contributed by atoms with Gasteiger partial charge in [0.25, 0.3) is 0 Å². The third-order valence-electron chi connectivity index (χ3n) is 3.50. The van der Waals surface area contributed by atoms with Gasteiger partial charge in [0.15, 0.2) is 0 Å². The predicted octanol–water partition coefficient (Wildman–Crippen LogP) is 1.75.